The van der Waals surface area contributed by atoms with Crippen LogP contribution in [0.3, 0.4) is 0 Å². The molecule has 0 aliphatic heterocycles. The van der Waals surface area contributed by atoms with Crippen LogP contribution in [0.4, 0.5) is 0 Å². The summed E-state index contributed by atoms with van der Waals surface area (Å²) in [6.45, 7) is 4.78. The van der Waals surface area contributed by atoms with Crippen LogP contribution in [0.5, 0.6) is 0 Å². The van der Waals surface area contributed by atoms with Crippen LogP contribution in [0, 0.1) is 0 Å². The van der Waals surface area contributed by atoms with Crippen molar-refractivity contribution in [1.29, 1.82) is 0 Å². The Morgan fingerprint density at radius 1 is 0.356 bits per heavy atom. The molecule has 0 spiro atoms. The van der Waals surface area contributed by atoms with Gasteiger partial charge in [-0.15, -0.1) is 0 Å². The fourth-order valence-corrected chi connectivity index (χ4v) is 8.00. The Morgan fingerprint density at radius 2 is 0.844 bits per heavy atom. The Balaban J connectivity index is 1.28. The molecule has 8 aromatic carbocycles. The van der Waals surface area contributed by atoms with Gasteiger partial charge in [-0.1, -0.05) is 153 Å². The van der Waals surface area contributed by atoms with Gasteiger partial charge >= 0.3 is 0 Å². The summed E-state index contributed by atoms with van der Waals surface area (Å²) in [7, 11) is 0. The van der Waals surface area contributed by atoms with E-state index < -0.39 is 0 Å². The van der Waals surface area contributed by atoms with Crippen LogP contribution in [0.25, 0.3) is 76.8 Å². The maximum Gasteiger partial charge on any atom is 0.0165 e. The molecule has 0 heterocycles. The molecule has 0 radical (unpaired) electrons. The van der Waals surface area contributed by atoms with E-state index in [-0.39, 0.29) is 5.41 Å². The zero-order chi connectivity index (χ0) is 30.1. The number of hydrogen-bond donors (Lipinski definition) is 0. The van der Waals surface area contributed by atoms with Crippen molar-refractivity contribution in [1.82, 2.24) is 0 Å². The van der Waals surface area contributed by atoms with Gasteiger partial charge in [-0.05, 0) is 106 Å². The molecule has 0 amide bonds. The van der Waals surface area contributed by atoms with E-state index in [0.717, 1.165) is 0 Å². The molecule has 9 rings (SSSR count). The standard InChI is InChI=1S/C45H32/c1-45(2)41-28-31-17-7-6-16-30(31)27-40(41)39-25-13-24-34(44(39)45)32-18-12-19-33(26-32)43-37-22-10-8-20-35(37)42(29-14-4-3-5-15-29)36-21-9-11-23-38(36)43/h3-28H,1-2H3. The van der Waals surface area contributed by atoms with Crippen LogP contribution < -0.4 is 0 Å². The Kier molecular flexibility index (Phi) is 5.64. The molecule has 0 bridgehead atoms. The van der Waals surface area contributed by atoms with Gasteiger partial charge in [-0.25, -0.2) is 0 Å². The lowest BCUT2D eigenvalue weighted by Crippen LogP contribution is -2.16. The van der Waals surface area contributed by atoms with E-state index in [2.05, 4.69) is 172 Å². The minimum Gasteiger partial charge on any atom is -0.0622 e. The van der Waals surface area contributed by atoms with Crippen molar-refractivity contribution < 1.29 is 0 Å². The van der Waals surface area contributed by atoms with E-state index in [4.69, 9.17) is 0 Å². The maximum atomic E-state index is 2.42. The summed E-state index contributed by atoms with van der Waals surface area (Å²) in [5.74, 6) is 0. The summed E-state index contributed by atoms with van der Waals surface area (Å²) in [4.78, 5) is 0. The lowest BCUT2D eigenvalue weighted by Gasteiger charge is -2.25. The third-order valence-corrected chi connectivity index (χ3v) is 10.00. The average Bonchev–Trinajstić information content (AvgIpc) is 3.32. The zero-order valence-corrected chi connectivity index (χ0v) is 25.5. The first kappa shape index (κ1) is 26.0. The van der Waals surface area contributed by atoms with Crippen molar-refractivity contribution in [2.24, 2.45) is 0 Å². The number of fused-ring (bicyclic) bond motifs is 6. The van der Waals surface area contributed by atoms with Gasteiger partial charge in [-0.3, -0.25) is 0 Å². The average molecular weight is 573 g/mol. The molecule has 1 aliphatic rings. The van der Waals surface area contributed by atoms with Crippen LogP contribution in [0.15, 0.2) is 158 Å². The summed E-state index contributed by atoms with van der Waals surface area (Å²) in [5, 5.41) is 7.73. The number of rotatable bonds is 3. The highest BCUT2D eigenvalue weighted by molar-refractivity contribution is 6.21. The second-order valence-electron chi connectivity index (χ2n) is 12.9. The van der Waals surface area contributed by atoms with Gasteiger partial charge in [0, 0.05) is 5.41 Å². The Bertz CT molecular complexity index is 2390. The highest BCUT2D eigenvalue weighted by Crippen LogP contribution is 2.53. The number of hydrogen-bond acceptors (Lipinski definition) is 0. The highest BCUT2D eigenvalue weighted by Gasteiger charge is 2.37. The van der Waals surface area contributed by atoms with Crippen LogP contribution >= 0.6 is 0 Å². The minimum absolute atomic E-state index is 0.113. The summed E-state index contributed by atoms with van der Waals surface area (Å²) in [6.07, 6.45) is 0. The van der Waals surface area contributed by atoms with Crippen molar-refractivity contribution in [2.75, 3.05) is 0 Å². The molecule has 45 heavy (non-hydrogen) atoms. The predicted molar refractivity (Wildman–Crippen MR) is 193 cm³/mol. The van der Waals surface area contributed by atoms with E-state index in [1.807, 2.05) is 0 Å². The molecule has 0 saturated carbocycles. The second kappa shape index (κ2) is 9.78. The van der Waals surface area contributed by atoms with Gasteiger partial charge < -0.3 is 0 Å². The van der Waals surface area contributed by atoms with Gasteiger partial charge in [-0.2, -0.15) is 0 Å². The van der Waals surface area contributed by atoms with Crippen molar-refractivity contribution in [2.45, 2.75) is 19.3 Å². The van der Waals surface area contributed by atoms with Gasteiger partial charge in [0.1, 0.15) is 0 Å². The topological polar surface area (TPSA) is 0 Å². The summed E-state index contributed by atoms with van der Waals surface area (Å²) >= 11 is 0. The molecule has 0 aromatic heterocycles. The highest BCUT2D eigenvalue weighted by atomic mass is 14.4. The van der Waals surface area contributed by atoms with Gasteiger partial charge in [0.05, 0.1) is 0 Å². The van der Waals surface area contributed by atoms with Gasteiger partial charge in [0.25, 0.3) is 0 Å². The molecule has 0 nitrogen and oxygen atoms in total. The third kappa shape index (κ3) is 3.85. The van der Waals surface area contributed by atoms with Crippen molar-refractivity contribution >= 4 is 32.3 Å². The van der Waals surface area contributed by atoms with Gasteiger partial charge in [0.2, 0.25) is 0 Å². The molecule has 1 aliphatic carbocycles. The third-order valence-electron chi connectivity index (χ3n) is 10.00. The summed E-state index contributed by atoms with van der Waals surface area (Å²) < 4.78 is 0. The molecular formula is C45H32. The van der Waals surface area contributed by atoms with E-state index >= 15 is 0 Å². The predicted octanol–water partition coefficient (Wildman–Crippen LogP) is 12.5. The van der Waals surface area contributed by atoms with Crippen LogP contribution in [-0.2, 0) is 5.41 Å². The largest absolute Gasteiger partial charge is 0.0622 e. The monoisotopic (exact) mass is 572 g/mol. The second-order valence-corrected chi connectivity index (χ2v) is 12.9. The lowest BCUT2D eigenvalue weighted by atomic mass is 9.78. The summed E-state index contributed by atoms with van der Waals surface area (Å²) in [6, 6.07) is 58.3. The van der Waals surface area contributed by atoms with Crippen LogP contribution in [0.1, 0.15) is 25.0 Å². The molecule has 0 fully saturated rings. The SMILES string of the molecule is CC1(C)c2cc3ccccc3cc2-c2cccc(-c3cccc(-c4c5ccccc5c(-c5ccccc5)c5ccccc45)c3)c21. The first-order chi connectivity index (χ1) is 22.1. The zero-order valence-electron chi connectivity index (χ0n) is 25.5. The van der Waals surface area contributed by atoms with E-state index in [1.165, 1.54) is 88.0 Å². The fraction of sp³-hybridized carbons (Fsp3) is 0.0667. The molecule has 0 unspecified atom stereocenters. The fourth-order valence-electron chi connectivity index (χ4n) is 8.00. The molecular weight excluding hydrogens is 540 g/mol. The van der Waals surface area contributed by atoms with Crippen molar-refractivity contribution in [3.05, 3.63) is 169 Å². The molecule has 212 valence electrons. The molecule has 8 aromatic rings. The first-order valence-corrected chi connectivity index (χ1v) is 15.9. The quantitative estimate of drug-likeness (QED) is 0.185. The number of benzene rings is 8. The van der Waals surface area contributed by atoms with E-state index in [0.29, 0.717) is 0 Å². The van der Waals surface area contributed by atoms with Crippen molar-refractivity contribution in [3.63, 3.8) is 0 Å². The van der Waals surface area contributed by atoms with E-state index in [1.54, 1.807) is 0 Å². The Morgan fingerprint density at radius 3 is 1.51 bits per heavy atom. The normalized spacial score (nSPS) is 13.3. The summed E-state index contributed by atoms with van der Waals surface area (Å²) in [5.41, 5.74) is 13.1. The van der Waals surface area contributed by atoms with Crippen LogP contribution in [0.2, 0.25) is 0 Å². The van der Waals surface area contributed by atoms with Crippen LogP contribution in [-0.4, -0.2) is 0 Å². The van der Waals surface area contributed by atoms with Gasteiger partial charge in [0.15, 0.2) is 0 Å². The Labute approximate surface area is 264 Å². The van der Waals surface area contributed by atoms with Crippen molar-refractivity contribution in [3.8, 4) is 44.5 Å². The first-order valence-electron chi connectivity index (χ1n) is 15.9. The lowest BCUT2D eigenvalue weighted by molar-refractivity contribution is 0.663. The Hall–Kier alpha value is -5.46. The molecule has 0 saturated heterocycles. The maximum absolute atomic E-state index is 2.42. The minimum atomic E-state index is -0.113. The molecule has 0 atom stereocenters. The smallest absolute Gasteiger partial charge is 0.0165 e. The van der Waals surface area contributed by atoms with E-state index in [9.17, 15) is 0 Å². The molecule has 0 heteroatoms. The molecule has 0 N–H and O–H groups in total.